The summed E-state index contributed by atoms with van der Waals surface area (Å²) in [5, 5.41) is 12.6. The number of nitrogens with one attached hydrogen (secondary N) is 1. The number of rotatable bonds is 6. The summed E-state index contributed by atoms with van der Waals surface area (Å²) < 4.78 is 7.23. The van der Waals surface area contributed by atoms with Gasteiger partial charge < -0.3 is 14.5 Å². The highest BCUT2D eigenvalue weighted by atomic mass is 35.5. The topological polar surface area (TPSA) is 118 Å². The number of aromatic nitrogens is 7. The number of hydrogen-bond acceptors (Lipinski definition) is 9. The Labute approximate surface area is 218 Å². The van der Waals surface area contributed by atoms with Crippen molar-refractivity contribution in [2.24, 2.45) is 5.41 Å². The summed E-state index contributed by atoms with van der Waals surface area (Å²) in [6.45, 7) is 6.63. The fraction of sp³-hybridized carbons (Fsp3) is 0.440. The molecule has 0 saturated carbocycles. The molecule has 192 valence electrons. The number of pyridine rings is 1. The first-order valence-corrected chi connectivity index (χ1v) is 12.7. The van der Waals surface area contributed by atoms with Crippen LogP contribution in [-0.4, -0.2) is 79.5 Å². The van der Waals surface area contributed by atoms with Gasteiger partial charge in [-0.3, -0.25) is 19.6 Å². The molecule has 0 unspecified atom stereocenters. The first-order valence-electron chi connectivity index (χ1n) is 12.4. The third-order valence-corrected chi connectivity index (χ3v) is 7.85. The minimum atomic E-state index is 0.281. The van der Waals surface area contributed by atoms with Crippen LogP contribution in [0.15, 0.2) is 24.8 Å². The van der Waals surface area contributed by atoms with Crippen molar-refractivity contribution >= 4 is 34.8 Å². The second-order valence-corrected chi connectivity index (χ2v) is 10.6. The molecular weight excluding hydrogens is 494 g/mol. The van der Waals surface area contributed by atoms with Gasteiger partial charge in [0.2, 0.25) is 0 Å². The van der Waals surface area contributed by atoms with Gasteiger partial charge in [-0.25, -0.2) is 9.97 Å². The van der Waals surface area contributed by atoms with Crippen molar-refractivity contribution in [1.82, 2.24) is 39.8 Å². The van der Waals surface area contributed by atoms with E-state index in [4.69, 9.17) is 26.3 Å². The van der Waals surface area contributed by atoms with E-state index in [-0.39, 0.29) is 6.54 Å². The Morgan fingerprint density at radius 1 is 1.16 bits per heavy atom. The van der Waals surface area contributed by atoms with Crippen molar-refractivity contribution in [1.29, 1.82) is 0 Å². The smallest absolute Gasteiger partial charge is 0.298 e. The van der Waals surface area contributed by atoms with Crippen LogP contribution in [0.4, 0.5) is 5.82 Å². The van der Waals surface area contributed by atoms with Gasteiger partial charge in [0.25, 0.3) is 6.47 Å². The predicted octanol–water partition coefficient (Wildman–Crippen LogP) is 3.08. The first-order chi connectivity index (χ1) is 17.9. The van der Waals surface area contributed by atoms with Gasteiger partial charge >= 0.3 is 0 Å². The van der Waals surface area contributed by atoms with Crippen LogP contribution in [0.3, 0.4) is 0 Å². The Balaban J connectivity index is 1.47. The number of fused-ring (bicyclic) bond motifs is 1. The second-order valence-electron chi connectivity index (χ2n) is 10.1. The predicted molar refractivity (Wildman–Crippen MR) is 139 cm³/mol. The molecule has 2 fully saturated rings. The van der Waals surface area contributed by atoms with Crippen molar-refractivity contribution < 1.29 is 9.53 Å². The minimum absolute atomic E-state index is 0.281. The molecular formula is C25H28ClN9O2. The zero-order chi connectivity index (χ0) is 25.6. The lowest BCUT2D eigenvalue weighted by Crippen LogP contribution is -2.41. The first kappa shape index (κ1) is 23.8. The maximum atomic E-state index is 11.6. The Hall–Kier alpha value is -3.57. The molecule has 4 aromatic rings. The average Bonchev–Trinajstić information content (AvgIpc) is 3.60. The number of piperidine rings is 1. The molecule has 1 spiro atoms. The summed E-state index contributed by atoms with van der Waals surface area (Å²) in [7, 11) is 2.20. The van der Waals surface area contributed by atoms with E-state index in [9.17, 15) is 4.79 Å². The van der Waals surface area contributed by atoms with Crippen LogP contribution < -0.4 is 9.64 Å². The lowest BCUT2D eigenvalue weighted by molar-refractivity contribution is -0.120. The maximum absolute atomic E-state index is 11.6. The summed E-state index contributed by atoms with van der Waals surface area (Å²) in [4.78, 5) is 30.8. The van der Waals surface area contributed by atoms with Gasteiger partial charge in [-0.2, -0.15) is 10.2 Å². The molecule has 11 nitrogen and oxygen atoms in total. The van der Waals surface area contributed by atoms with Crippen LogP contribution in [0, 0.1) is 12.3 Å². The van der Waals surface area contributed by atoms with Crippen molar-refractivity contribution in [2.45, 2.75) is 32.7 Å². The third-order valence-electron chi connectivity index (χ3n) is 7.65. The van der Waals surface area contributed by atoms with Crippen molar-refractivity contribution in [3.8, 4) is 17.1 Å². The van der Waals surface area contributed by atoms with Crippen molar-refractivity contribution in [3.63, 3.8) is 0 Å². The molecule has 0 amide bonds. The van der Waals surface area contributed by atoms with Crippen molar-refractivity contribution in [3.05, 3.63) is 41.2 Å². The summed E-state index contributed by atoms with van der Waals surface area (Å²) in [6, 6.07) is 0. The molecule has 2 aliphatic rings. The molecule has 0 aromatic carbocycles. The molecule has 12 heteroatoms. The van der Waals surface area contributed by atoms with E-state index in [1.165, 1.54) is 6.42 Å². The highest BCUT2D eigenvalue weighted by Crippen LogP contribution is 2.43. The largest absolute Gasteiger partial charge is 0.426 e. The Bertz CT molecular complexity index is 1460. The molecule has 6 rings (SSSR count). The molecule has 2 saturated heterocycles. The van der Waals surface area contributed by atoms with Gasteiger partial charge in [0.1, 0.15) is 11.5 Å². The van der Waals surface area contributed by atoms with Crippen LogP contribution in [0.1, 0.15) is 30.7 Å². The monoisotopic (exact) mass is 521 g/mol. The SMILES string of the molecule is Cc1[nH]ncc1-c1nc(N2CCC3(CCN(C)C3)CC2)c2c(OC=O)c(Cn3cc(Cl)cn3)ncc2n1. The lowest BCUT2D eigenvalue weighted by Gasteiger charge is -2.40. The minimum Gasteiger partial charge on any atom is -0.426 e. The molecule has 2 aliphatic heterocycles. The number of hydrogen-bond donors (Lipinski definition) is 1. The molecule has 1 N–H and O–H groups in total. The standard InChI is InChI=1S/C25H28ClN9O2/c1-16-18(10-28-32-16)23-30-19-11-27-20(13-35-12-17(26)9-29-35)22(37-15-36)21(19)24(31-23)34-7-4-25(5-8-34)3-6-33(2)14-25/h9-12,15H,3-8,13-14H2,1-2H3,(H,28,32). The van der Waals surface area contributed by atoms with Gasteiger partial charge in [-0.1, -0.05) is 11.6 Å². The van der Waals surface area contributed by atoms with Gasteiger partial charge in [-0.05, 0) is 45.2 Å². The van der Waals surface area contributed by atoms with E-state index < -0.39 is 0 Å². The number of aryl methyl sites for hydroxylation is 1. The molecule has 0 radical (unpaired) electrons. The van der Waals surface area contributed by atoms with Crippen LogP contribution >= 0.6 is 11.6 Å². The number of aromatic amines is 1. The number of nitrogens with zero attached hydrogens (tertiary/aromatic N) is 8. The molecule has 37 heavy (non-hydrogen) atoms. The van der Waals surface area contributed by atoms with E-state index >= 15 is 0 Å². The van der Waals surface area contributed by atoms with E-state index in [1.54, 1.807) is 29.5 Å². The van der Waals surface area contributed by atoms with Gasteiger partial charge in [-0.15, -0.1) is 0 Å². The Kier molecular flexibility index (Phi) is 6.04. The lowest BCUT2D eigenvalue weighted by atomic mass is 9.78. The van der Waals surface area contributed by atoms with Gasteiger partial charge in [0.15, 0.2) is 11.6 Å². The van der Waals surface area contributed by atoms with Crippen LogP contribution in [0.25, 0.3) is 22.3 Å². The summed E-state index contributed by atoms with van der Waals surface area (Å²) >= 11 is 6.06. The number of likely N-dealkylation sites (tertiary alicyclic amines) is 1. The van der Waals surface area contributed by atoms with E-state index in [2.05, 4.69) is 37.1 Å². The normalized spacial score (nSPS) is 17.6. The van der Waals surface area contributed by atoms with Gasteiger partial charge in [0, 0.05) is 31.5 Å². The van der Waals surface area contributed by atoms with Crippen LogP contribution in [0.2, 0.25) is 5.02 Å². The van der Waals surface area contributed by atoms with E-state index in [0.29, 0.717) is 45.1 Å². The zero-order valence-electron chi connectivity index (χ0n) is 20.8. The molecule has 6 heterocycles. The number of carbonyl (C=O) groups excluding carboxylic acids is 1. The molecule has 0 atom stereocenters. The number of carbonyl (C=O) groups is 1. The number of H-pyrrole nitrogens is 1. The number of halogens is 1. The van der Waals surface area contributed by atoms with Crippen LogP contribution in [-0.2, 0) is 11.3 Å². The summed E-state index contributed by atoms with van der Waals surface area (Å²) in [5.74, 6) is 1.63. The fourth-order valence-corrected chi connectivity index (χ4v) is 5.83. The second kappa shape index (κ2) is 9.38. The Morgan fingerprint density at radius 3 is 2.62 bits per heavy atom. The quantitative estimate of drug-likeness (QED) is 0.382. The zero-order valence-corrected chi connectivity index (χ0v) is 21.6. The fourth-order valence-electron chi connectivity index (χ4n) is 5.67. The average molecular weight is 522 g/mol. The Morgan fingerprint density at radius 2 is 1.97 bits per heavy atom. The summed E-state index contributed by atoms with van der Waals surface area (Å²) in [6.07, 6.45) is 10.1. The van der Waals surface area contributed by atoms with Crippen molar-refractivity contribution in [2.75, 3.05) is 38.1 Å². The van der Waals surface area contributed by atoms with Crippen LogP contribution in [0.5, 0.6) is 5.75 Å². The highest BCUT2D eigenvalue weighted by Gasteiger charge is 2.40. The number of anilines is 1. The number of ether oxygens (including phenoxy) is 1. The van der Waals surface area contributed by atoms with E-state index in [1.807, 2.05) is 6.92 Å². The maximum Gasteiger partial charge on any atom is 0.298 e. The molecule has 0 bridgehead atoms. The summed E-state index contributed by atoms with van der Waals surface area (Å²) in [5.41, 5.74) is 3.19. The highest BCUT2D eigenvalue weighted by molar-refractivity contribution is 6.30. The molecule has 0 aliphatic carbocycles. The van der Waals surface area contributed by atoms with E-state index in [0.717, 1.165) is 56.1 Å². The molecule has 4 aromatic heterocycles. The van der Waals surface area contributed by atoms with Gasteiger partial charge in [0.05, 0.1) is 46.6 Å². The third kappa shape index (κ3) is 4.42.